The Kier molecular flexibility index (Phi) is 15.0. The zero-order chi connectivity index (χ0) is 30.8. The summed E-state index contributed by atoms with van der Waals surface area (Å²) in [6.45, 7) is 4.06. The van der Waals surface area contributed by atoms with Crippen molar-refractivity contribution in [3.63, 3.8) is 0 Å². The number of methoxy groups -OCH3 is 2. The van der Waals surface area contributed by atoms with Gasteiger partial charge >= 0.3 is 24.2 Å². The number of fused-ring (bicyclic) bond motifs is 2. The van der Waals surface area contributed by atoms with E-state index < -0.39 is 0 Å². The van der Waals surface area contributed by atoms with Crippen LogP contribution in [-0.4, -0.2) is 48.4 Å². The predicted molar refractivity (Wildman–Crippen MR) is 150 cm³/mol. The highest BCUT2D eigenvalue weighted by Gasteiger charge is 2.24. The van der Waals surface area contributed by atoms with Gasteiger partial charge in [0.2, 0.25) is 0 Å². The second kappa shape index (κ2) is 17.6. The number of halogens is 2. The Balaban J connectivity index is 0. The third kappa shape index (κ3) is 9.15. The molecule has 0 amide bonds. The van der Waals surface area contributed by atoms with Crippen LogP contribution in [0.1, 0.15) is 67.1 Å². The monoisotopic (exact) mass is 668 g/mol. The van der Waals surface area contributed by atoms with Gasteiger partial charge in [-0.1, -0.05) is 58.4 Å². The van der Waals surface area contributed by atoms with Crippen LogP contribution in [0.2, 0.25) is 0 Å². The molecule has 0 N–H and O–H groups in total. The summed E-state index contributed by atoms with van der Waals surface area (Å²) in [5, 5.41) is 1.80. The number of nitrogens with zero attached hydrogens (tertiary/aromatic N) is 2. The summed E-state index contributed by atoms with van der Waals surface area (Å²) in [6, 6.07) is 3.90. The lowest BCUT2D eigenvalue weighted by Crippen LogP contribution is -2.12. The summed E-state index contributed by atoms with van der Waals surface area (Å²) >= 11 is 6.93. The van der Waals surface area contributed by atoms with Gasteiger partial charge in [-0.25, -0.2) is 9.59 Å². The van der Waals surface area contributed by atoms with E-state index in [4.69, 9.17) is 31.6 Å². The molecule has 12 heteroatoms. The highest BCUT2D eigenvalue weighted by molar-refractivity contribution is 9.15. The molecule has 0 bridgehead atoms. The molecule has 208 valence electrons. The van der Waals surface area contributed by atoms with Crippen LogP contribution in [0.5, 0.6) is 0 Å². The summed E-state index contributed by atoms with van der Waals surface area (Å²) < 4.78 is 21.4. The van der Waals surface area contributed by atoms with Crippen LogP contribution in [-0.2, 0) is 28.7 Å². The van der Waals surface area contributed by atoms with E-state index in [9.17, 15) is 9.59 Å². The van der Waals surface area contributed by atoms with Crippen LogP contribution in [0.3, 0.4) is 0 Å². The van der Waals surface area contributed by atoms with Crippen molar-refractivity contribution in [1.82, 2.24) is 9.97 Å². The molecule has 1 aromatic carbocycles. The molecule has 2 aromatic heterocycles. The molecule has 0 spiro atoms. The molecular formula is C27H28Br2N2O8. The predicted octanol–water partition coefficient (Wildman–Crippen LogP) is 5.92. The SMILES string of the molecule is C.COC(=O)c1cncc2c(Br)ccc(C)c12.COC(=O)c1cncc2c1C(C)CC=C2Br.O=C=O.O=C=O.[2H][2H]. The van der Waals surface area contributed by atoms with Gasteiger partial charge in [0, 0.05) is 53.0 Å². The average molecular weight is 670 g/mol. The number of carbonyl (C=O) groups excluding carboxylic acids is 6. The van der Waals surface area contributed by atoms with E-state index in [1.807, 2.05) is 19.1 Å². The normalized spacial score (nSPS) is 12.6. The van der Waals surface area contributed by atoms with Crippen molar-refractivity contribution in [2.75, 3.05) is 14.2 Å². The van der Waals surface area contributed by atoms with Crippen molar-refractivity contribution in [3.05, 3.63) is 75.3 Å². The third-order valence-corrected chi connectivity index (χ3v) is 6.72. The zero-order valence-electron chi connectivity index (χ0n) is 22.7. The van der Waals surface area contributed by atoms with E-state index in [0.717, 1.165) is 42.8 Å². The molecule has 0 aliphatic heterocycles. The maximum absolute atomic E-state index is 11.6. The first-order chi connectivity index (χ1) is 19.1. The number of rotatable bonds is 2. The third-order valence-electron chi connectivity index (χ3n) is 5.28. The van der Waals surface area contributed by atoms with E-state index in [2.05, 4.69) is 54.8 Å². The van der Waals surface area contributed by atoms with Gasteiger partial charge in [0.05, 0.1) is 25.3 Å². The maximum atomic E-state index is 11.6. The van der Waals surface area contributed by atoms with E-state index in [0.29, 0.717) is 17.0 Å². The average Bonchev–Trinajstić information content (AvgIpc) is 2.98. The molecule has 0 fully saturated rings. The fourth-order valence-electron chi connectivity index (χ4n) is 3.67. The second-order valence-corrected chi connectivity index (χ2v) is 9.17. The highest BCUT2D eigenvalue weighted by Crippen LogP contribution is 2.38. The molecule has 0 saturated heterocycles. The quantitative estimate of drug-likeness (QED) is 0.301. The van der Waals surface area contributed by atoms with Crippen molar-refractivity contribution in [2.24, 2.45) is 0 Å². The lowest BCUT2D eigenvalue weighted by Gasteiger charge is -2.22. The number of benzene rings is 1. The van der Waals surface area contributed by atoms with Gasteiger partial charge in [0.1, 0.15) is 0 Å². The molecule has 1 aliphatic rings. The van der Waals surface area contributed by atoms with Crippen molar-refractivity contribution >= 4 is 71.4 Å². The van der Waals surface area contributed by atoms with Crippen LogP contribution >= 0.6 is 31.9 Å². The number of carbonyl (C=O) groups is 2. The molecule has 3 aromatic rings. The molecule has 10 nitrogen and oxygen atoms in total. The van der Waals surface area contributed by atoms with E-state index >= 15 is 0 Å². The molecule has 2 heterocycles. The lowest BCUT2D eigenvalue weighted by molar-refractivity contribution is -0.193. The summed E-state index contributed by atoms with van der Waals surface area (Å²) in [6.07, 6.45) is 10.1. The second-order valence-electron chi connectivity index (χ2n) is 7.46. The van der Waals surface area contributed by atoms with Crippen molar-refractivity contribution in [3.8, 4) is 0 Å². The van der Waals surface area contributed by atoms with Crippen LogP contribution in [0.4, 0.5) is 0 Å². The van der Waals surface area contributed by atoms with Gasteiger partial charge in [-0.05, 0) is 36.5 Å². The first kappa shape index (κ1) is 33.2. The Labute approximate surface area is 245 Å². The standard InChI is InChI=1S/C12H12BrNO2.C12H10BrNO2.2CO2.CH4.H2/c2*1-7-3-4-10(13)8-5-14-6-9(11(7)8)12(15)16-2;2*2-1-3;;/h4-7H,3H2,1-2H3;3-6H,1-2H3;;;1H4;1H/i;;;;;1+1D. The first-order valence-corrected chi connectivity index (χ1v) is 12.2. The number of aryl methyl sites for hydroxylation is 1. The number of aromatic nitrogens is 2. The summed E-state index contributed by atoms with van der Waals surface area (Å²) in [4.78, 5) is 63.9. The van der Waals surface area contributed by atoms with E-state index in [-0.39, 0.29) is 31.7 Å². The molecule has 39 heavy (non-hydrogen) atoms. The van der Waals surface area contributed by atoms with Gasteiger partial charge in [0.25, 0.3) is 0 Å². The Bertz CT molecular complexity index is 1410. The Morgan fingerprint density at radius 1 is 0.949 bits per heavy atom. The highest BCUT2D eigenvalue weighted by atomic mass is 79.9. The molecule has 1 atom stereocenters. The van der Waals surface area contributed by atoms with Gasteiger partial charge in [-0.3, -0.25) is 9.97 Å². The molecule has 0 radical (unpaired) electrons. The Hall–Kier alpha value is -3.82. The fourth-order valence-corrected chi connectivity index (χ4v) is 4.61. The number of allylic oxidation sites excluding steroid dienone is 1. The Morgan fingerprint density at radius 3 is 2.03 bits per heavy atom. The molecule has 0 saturated carbocycles. The van der Waals surface area contributed by atoms with Crippen LogP contribution in [0.15, 0.2) is 47.5 Å². The summed E-state index contributed by atoms with van der Waals surface area (Å²) in [5.41, 5.74) is 4.11. The van der Waals surface area contributed by atoms with Crippen molar-refractivity contribution < 1.29 is 41.2 Å². The van der Waals surface area contributed by atoms with Crippen LogP contribution in [0.25, 0.3) is 15.3 Å². The van der Waals surface area contributed by atoms with Gasteiger partial charge in [-0.2, -0.15) is 19.2 Å². The van der Waals surface area contributed by atoms with Crippen molar-refractivity contribution in [1.29, 1.82) is 0 Å². The molecule has 4 rings (SSSR count). The minimum Gasteiger partial charge on any atom is -0.465 e. The van der Waals surface area contributed by atoms with Crippen LogP contribution in [0, 0.1) is 6.92 Å². The molecular weight excluding hydrogens is 640 g/mol. The Morgan fingerprint density at radius 2 is 1.46 bits per heavy atom. The maximum Gasteiger partial charge on any atom is 0.373 e. The molecule has 1 unspecified atom stereocenters. The number of pyridine rings is 2. The van der Waals surface area contributed by atoms with Crippen molar-refractivity contribution in [2.45, 2.75) is 33.6 Å². The minimum absolute atomic E-state index is 0. The zero-order valence-corrected chi connectivity index (χ0v) is 23.9. The van der Waals surface area contributed by atoms with Gasteiger partial charge in [0.15, 0.2) is 0 Å². The fraction of sp³-hybridized carbons (Fsp3) is 0.259. The van der Waals surface area contributed by atoms with E-state index in [1.165, 1.54) is 20.4 Å². The smallest absolute Gasteiger partial charge is 0.373 e. The topological polar surface area (TPSA) is 147 Å². The van der Waals surface area contributed by atoms with E-state index in [1.54, 1.807) is 18.6 Å². The largest absolute Gasteiger partial charge is 0.465 e. The van der Waals surface area contributed by atoms with Gasteiger partial charge in [-0.15, -0.1) is 0 Å². The number of hydrogen-bond acceptors (Lipinski definition) is 10. The summed E-state index contributed by atoms with van der Waals surface area (Å²) in [5.74, 6) is -0.369. The minimum atomic E-state index is -0.362. The summed E-state index contributed by atoms with van der Waals surface area (Å²) in [7, 11) is 2.76. The number of hydrogen-bond donors (Lipinski definition) is 0. The molecule has 1 aliphatic carbocycles. The lowest BCUT2D eigenvalue weighted by atomic mass is 9.86. The number of esters is 2. The van der Waals surface area contributed by atoms with Crippen LogP contribution < -0.4 is 0 Å². The first-order valence-electron chi connectivity index (χ1n) is 11.6. The van der Waals surface area contributed by atoms with Gasteiger partial charge < -0.3 is 9.47 Å². The number of ether oxygens (including phenoxy) is 2.